The van der Waals surface area contributed by atoms with E-state index in [2.05, 4.69) is 0 Å². The van der Waals surface area contributed by atoms with E-state index in [1.165, 1.54) is 0 Å². The molecule has 7 heteroatoms. The highest BCUT2D eigenvalue weighted by Crippen LogP contribution is 2.07. The molecule has 1 saturated heterocycles. The van der Waals surface area contributed by atoms with Crippen LogP contribution in [0.5, 0.6) is 0 Å². The van der Waals surface area contributed by atoms with Gasteiger partial charge in [0.15, 0.2) is 0 Å². The monoisotopic (exact) mass is 273 g/mol. The number of hydrogen-bond donors (Lipinski definition) is 1. The summed E-state index contributed by atoms with van der Waals surface area (Å²) in [4.78, 5) is 28.7. The van der Waals surface area contributed by atoms with Crippen molar-refractivity contribution < 1.29 is 19.4 Å². The molecule has 0 radical (unpaired) electrons. The Hall–Kier alpha value is -1.50. The fourth-order valence-electron chi connectivity index (χ4n) is 2.00. The van der Waals surface area contributed by atoms with Crippen LogP contribution in [0.3, 0.4) is 0 Å². The summed E-state index contributed by atoms with van der Waals surface area (Å²) < 4.78 is 4.84. The van der Waals surface area contributed by atoms with Gasteiger partial charge in [0, 0.05) is 39.3 Å². The van der Waals surface area contributed by atoms with Crippen molar-refractivity contribution in [1.82, 2.24) is 14.7 Å². The average molecular weight is 273 g/mol. The van der Waals surface area contributed by atoms with Gasteiger partial charge in [-0.1, -0.05) is 0 Å². The fourth-order valence-corrected chi connectivity index (χ4v) is 2.00. The highest BCUT2D eigenvalue weighted by Gasteiger charge is 2.26. The van der Waals surface area contributed by atoms with E-state index in [1.54, 1.807) is 14.7 Å². The Kier molecular flexibility index (Phi) is 6.41. The van der Waals surface area contributed by atoms with Gasteiger partial charge in [-0.05, 0) is 13.8 Å². The lowest BCUT2D eigenvalue weighted by molar-refractivity contribution is 0.0652. The first kappa shape index (κ1) is 15.6. The molecular formula is C12H23N3O4. The summed E-state index contributed by atoms with van der Waals surface area (Å²) in [6.45, 7) is 7.08. The molecule has 0 bridgehead atoms. The van der Waals surface area contributed by atoms with Gasteiger partial charge in [-0.25, -0.2) is 9.59 Å². The van der Waals surface area contributed by atoms with Crippen molar-refractivity contribution in [3.8, 4) is 0 Å². The van der Waals surface area contributed by atoms with E-state index >= 15 is 0 Å². The smallest absolute Gasteiger partial charge is 0.409 e. The van der Waals surface area contributed by atoms with Gasteiger partial charge in [-0.3, -0.25) is 0 Å². The maximum atomic E-state index is 12.1. The second-order valence-corrected chi connectivity index (χ2v) is 4.27. The number of nitrogens with zero attached hydrogens (tertiary/aromatic N) is 3. The highest BCUT2D eigenvalue weighted by molar-refractivity contribution is 5.75. The van der Waals surface area contributed by atoms with Crippen LogP contribution in [-0.4, -0.2) is 84.4 Å². The second-order valence-electron chi connectivity index (χ2n) is 4.27. The summed E-state index contributed by atoms with van der Waals surface area (Å²) in [5, 5.41) is 8.59. The molecule has 110 valence electrons. The molecule has 0 aromatic carbocycles. The summed E-state index contributed by atoms with van der Waals surface area (Å²) in [5.41, 5.74) is 0. The van der Waals surface area contributed by atoms with Gasteiger partial charge < -0.3 is 24.5 Å². The molecule has 0 spiro atoms. The van der Waals surface area contributed by atoms with E-state index in [1.807, 2.05) is 13.8 Å². The molecule has 1 N–H and O–H groups in total. The van der Waals surface area contributed by atoms with E-state index in [0.717, 1.165) is 0 Å². The number of rotatable bonds is 4. The van der Waals surface area contributed by atoms with Gasteiger partial charge >= 0.3 is 12.1 Å². The van der Waals surface area contributed by atoms with Gasteiger partial charge in [0.25, 0.3) is 0 Å². The average Bonchev–Trinajstić information content (AvgIpc) is 2.46. The minimum Gasteiger partial charge on any atom is -0.447 e. The van der Waals surface area contributed by atoms with Crippen molar-refractivity contribution in [2.75, 3.05) is 52.5 Å². The van der Waals surface area contributed by atoms with Crippen LogP contribution in [0.1, 0.15) is 13.8 Å². The Morgan fingerprint density at radius 2 is 1.63 bits per heavy atom. The quantitative estimate of drug-likeness (QED) is 0.794. The lowest BCUT2D eigenvalue weighted by Crippen LogP contribution is -2.54. The molecule has 1 rings (SSSR count). The van der Waals surface area contributed by atoms with Crippen LogP contribution in [-0.2, 0) is 4.74 Å². The number of carbonyl (C=O) groups is 2. The molecule has 1 heterocycles. The van der Waals surface area contributed by atoms with Gasteiger partial charge in [0.2, 0.25) is 0 Å². The SMILES string of the molecule is CCN(CC)C(=O)N1CCN(C(=O)OCCO)CC1. The van der Waals surface area contributed by atoms with Gasteiger partial charge in [-0.15, -0.1) is 0 Å². The molecule has 7 nitrogen and oxygen atoms in total. The predicted molar refractivity (Wildman–Crippen MR) is 69.9 cm³/mol. The van der Waals surface area contributed by atoms with E-state index < -0.39 is 6.09 Å². The number of amides is 3. The van der Waals surface area contributed by atoms with E-state index in [0.29, 0.717) is 39.3 Å². The molecule has 0 atom stereocenters. The summed E-state index contributed by atoms with van der Waals surface area (Å²) >= 11 is 0. The van der Waals surface area contributed by atoms with Crippen molar-refractivity contribution in [2.24, 2.45) is 0 Å². The second kappa shape index (κ2) is 7.83. The van der Waals surface area contributed by atoms with Crippen LogP contribution < -0.4 is 0 Å². The number of aliphatic hydroxyl groups excluding tert-OH is 1. The van der Waals surface area contributed by atoms with Crippen LogP contribution >= 0.6 is 0 Å². The first-order valence-corrected chi connectivity index (χ1v) is 6.70. The van der Waals surface area contributed by atoms with Crippen LogP contribution in [0.4, 0.5) is 9.59 Å². The Morgan fingerprint density at radius 3 is 2.11 bits per heavy atom. The third kappa shape index (κ3) is 4.27. The number of urea groups is 1. The zero-order valence-electron chi connectivity index (χ0n) is 11.7. The summed E-state index contributed by atoms with van der Waals surface area (Å²) in [5.74, 6) is 0. The minimum absolute atomic E-state index is 0.0113. The maximum Gasteiger partial charge on any atom is 0.409 e. The van der Waals surface area contributed by atoms with Crippen LogP contribution in [0.15, 0.2) is 0 Å². The Labute approximate surface area is 113 Å². The number of hydrogen-bond acceptors (Lipinski definition) is 4. The largest absolute Gasteiger partial charge is 0.447 e. The van der Waals surface area contributed by atoms with Crippen molar-refractivity contribution in [2.45, 2.75) is 13.8 Å². The van der Waals surface area contributed by atoms with E-state index in [4.69, 9.17) is 9.84 Å². The van der Waals surface area contributed by atoms with Crippen LogP contribution in [0.25, 0.3) is 0 Å². The molecule has 0 aromatic rings. The summed E-state index contributed by atoms with van der Waals surface area (Å²) in [7, 11) is 0. The topological polar surface area (TPSA) is 73.3 Å². The summed E-state index contributed by atoms with van der Waals surface area (Å²) in [6, 6.07) is 0.0216. The molecule has 0 saturated carbocycles. The molecule has 1 aliphatic heterocycles. The van der Waals surface area contributed by atoms with Crippen molar-refractivity contribution in [3.05, 3.63) is 0 Å². The number of ether oxygens (including phenoxy) is 1. The van der Waals surface area contributed by atoms with Gasteiger partial charge in [0.1, 0.15) is 6.61 Å². The number of carbonyl (C=O) groups excluding carboxylic acids is 2. The first-order chi connectivity index (χ1) is 9.13. The highest BCUT2D eigenvalue weighted by atomic mass is 16.6. The third-order valence-electron chi connectivity index (χ3n) is 3.16. The van der Waals surface area contributed by atoms with Crippen molar-refractivity contribution in [1.29, 1.82) is 0 Å². The Bertz CT molecular complexity index is 299. The van der Waals surface area contributed by atoms with E-state index in [-0.39, 0.29) is 19.2 Å². The summed E-state index contributed by atoms with van der Waals surface area (Å²) in [6.07, 6.45) is -0.427. The van der Waals surface area contributed by atoms with E-state index in [9.17, 15) is 9.59 Å². The molecule has 19 heavy (non-hydrogen) atoms. The number of aliphatic hydroxyl groups is 1. The molecule has 0 unspecified atom stereocenters. The van der Waals surface area contributed by atoms with Crippen LogP contribution in [0, 0.1) is 0 Å². The third-order valence-corrected chi connectivity index (χ3v) is 3.16. The van der Waals surface area contributed by atoms with Gasteiger partial charge in [0.05, 0.1) is 6.61 Å². The molecule has 1 aliphatic rings. The Balaban J connectivity index is 2.40. The maximum absolute atomic E-state index is 12.1. The van der Waals surface area contributed by atoms with Crippen LogP contribution in [0.2, 0.25) is 0 Å². The minimum atomic E-state index is -0.427. The van der Waals surface area contributed by atoms with Crippen molar-refractivity contribution >= 4 is 12.1 Å². The normalized spacial score (nSPS) is 15.3. The fraction of sp³-hybridized carbons (Fsp3) is 0.833. The Morgan fingerprint density at radius 1 is 1.11 bits per heavy atom. The standard InChI is InChI=1S/C12H23N3O4/c1-3-13(4-2)11(17)14-5-7-15(8-6-14)12(18)19-10-9-16/h16H,3-10H2,1-2H3. The molecule has 1 fully saturated rings. The van der Waals surface area contributed by atoms with Crippen molar-refractivity contribution in [3.63, 3.8) is 0 Å². The zero-order chi connectivity index (χ0) is 14.3. The lowest BCUT2D eigenvalue weighted by atomic mass is 10.3. The molecule has 0 aliphatic carbocycles. The first-order valence-electron chi connectivity index (χ1n) is 6.70. The molecule has 0 aromatic heterocycles. The molecular weight excluding hydrogens is 250 g/mol. The predicted octanol–water partition coefficient (Wildman–Crippen LogP) is 0.195. The lowest BCUT2D eigenvalue weighted by Gasteiger charge is -2.36. The zero-order valence-corrected chi connectivity index (χ0v) is 11.7. The number of piperazine rings is 1. The molecule has 3 amide bonds. The van der Waals surface area contributed by atoms with Gasteiger partial charge in [-0.2, -0.15) is 0 Å².